The third kappa shape index (κ3) is 9.17. The first-order valence-corrected chi connectivity index (χ1v) is 13.3. The number of ether oxygens (including phenoxy) is 1. The maximum Gasteiger partial charge on any atom is 0.248 e. The van der Waals surface area contributed by atoms with E-state index in [2.05, 4.69) is 34.1 Å². The highest BCUT2D eigenvalue weighted by atomic mass is 35.5. The van der Waals surface area contributed by atoms with Gasteiger partial charge in [0.15, 0.2) is 5.82 Å². The molecule has 1 N–H and O–H groups in total. The summed E-state index contributed by atoms with van der Waals surface area (Å²) in [6.07, 6.45) is 3.63. The highest BCUT2D eigenvalue weighted by molar-refractivity contribution is 6.32. The van der Waals surface area contributed by atoms with Gasteiger partial charge in [0.25, 0.3) is 0 Å². The molecule has 2 rings (SSSR count). The summed E-state index contributed by atoms with van der Waals surface area (Å²) < 4.78 is 5.96. The monoisotopic (exact) mass is 528 g/mol. The van der Waals surface area contributed by atoms with Crippen LogP contribution in [0.3, 0.4) is 0 Å². The SMILES string of the molecule is CCCN(CCC)CCOc1ccc(C(C)(C)C(=O)NN(CC(C)(C)C)c2nc(C#N)ncc2Cl)cc1. The number of carbonyl (C=O) groups excluding carboxylic acids is 1. The van der Waals surface area contributed by atoms with Gasteiger partial charge >= 0.3 is 0 Å². The molecule has 0 saturated heterocycles. The first-order chi connectivity index (χ1) is 17.4. The van der Waals surface area contributed by atoms with Crippen molar-refractivity contribution in [2.45, 2.75) is 66.7 Å². The van der Waals surface area contributed by atoms with Crippen molar-refractivity contribution in [2.75, 3.05) is 37.8 Å². The van der Waals surface area contributed by atoms with Crippen molar-refractivity contribution in [3.8, 4) is 11.8 Å². The van der Waals surface area contributed by atoms with Gasteiger partial charge in [-0.3, -0.25) is 20.1 Å². The van der Waals surface area contributed by atoms with E-state index < -0.39 is 5.41 Å². The van der Waals surface area contributed by atoms with E-state index in [4.69, 9.17) is 16.3 Å². The number of hydrogen-bond acceptors (Lipinski definition) is 7. The van der Waals surface area contributed by atoms with Crippen LogP contribution in [-0.4, -0.2) is 53.6 Å². The van der Waals surface area contributed by atoms with Crippen LogP contribution in [0.5, 0.6) is 5.75 Å². The minimum absolute atomic E-state index is 0.0186. The highest BCUT2D eigenvalue weighted by Gasteiger charge is 2.33. The zero-order chi connectivity index (χ0) is 27.6. The van der Waals surface area contributed by atoms with Crippen LogP contribution in [0.2, 0.25) is 5.02 Å². The summed E-state index contributed by atoms with van der Waals surface area (Å²) in [5.74, 6) is 0.818. The highest BCUT2D eigenvalue weighted by Crippen LogP contribution is 2.29. The fraction of sp³-hybridized carbons (Fsp3) is 0.571. The van der Waals surface area contributed by atoms with Crippen LogP contribution < -0.4 is 15.2 Å². The Balaban J connectivity index is 2.15. The van der Waals surface area contributed by atoms with Crippen LogP contribution in [-0.2, 0) is 10.2 Å². The second kappa shape index (κ2) is 13.6. The van der Waals surface area contributed by atoms with Gasteiger partial charge in [0.2, 0.25) is 11.7 Å². The number of hydrogen-bond donors (Lipinski definition) is 1. The number of nitrogens with one attached hydrogen (secondary N) is 1. The summed E-state index contributed by atoms with van der Waals surface area (Å²) in [5, 5.41) is 11.1. The zero-order valence-corrected chi connectivity index (χ0v) is 24.0. The minimum Gasteiger partial charge on any atom is -0.492 e. The lowest BCUT2D eigenvalue weighted by molar-refractivity contribution is -0.125. The zero-order valence-electron chi connectivity index (χ0n) is 23.3. The predicted molar refractivity (Wildman–Crippen MR) is 149 cm³/mol. The molecule has 0 spiro atoms. The number of rotatable bonds is 13. The molecule has 1 amide bonds. The average molecular weight is 529 g/mol. The van der Waals surface area contributed by atoms with Crippen LogP contribution in [0.1, 0.15) is 72.7 Å². The molecule has 9 heteroatoms. The number of aromatic nitrogens is 2. The Hall–Kier alpha value is -2.89. The molecule has 0 fully saturated rings. The van der Waals surface area contributed by atoms with Crippen LogP contribution in [0, 0.1) is 16.7 Å². The molecule has 1 aromatic heterocycles. The lowest BCUT2D eigenvalue weighted by Crippen LogP contribution is -2.52. The largest absolute Gasteiger partial charge is 0.492 e. The molecule has 1 aromatic carbocycles. The Morgan fingerprint density at radius 1 is 1.08 bits per heavy atom. The summed E-state index contributed by atoms with van der Waals surface area (Å²) in [4.78, 5) is 24.1. The van der Waals surface area contributed by atoms with Gasteiger partial charge in [-0.05, 0) is 62.9 Å². The maximum absolute atomic E-state index is 13.5. The second-order valence-corrected chi connectivity index (χ2v) is 11.3. The summed E-state index contributed by atoms with van der Waals surface area (Å²) >= 11 is 6.36. The van der Waals surface area contributed by atoms with E-state index in [1.165, 1.54) is 6.20 Å². The molecular weight excluding hydrogens is 488 g/mol. The molecule has 8 nitrogen and oxygen atoms in total. The van der Waals surface area contributed by atoms with Crippen molar-refractivity contribution in [3.05, 3.63) is 46.9 Å². The van der Waals surface area contributed by atoms with Gasteiger partial charge in [-0.15, -0.1) is 0 Å². The van der Waals surface area contributed by atoms with Crippen molar-refractivity contribution in [1.82, 2.24) is 20.3 Å². The van der Waals surface area contributed by atoms with Crippen LogP contribution in [0.15, 0.2) is 30.5 Å². The number of benzene rings is 1. The maximum atomic E-state index is 13.5. The summed E-state index contributed by atoms with van der Waals surface area (Å²) in [6, 6.07) is 9.58. The number of hydrazine groups is 1. The minimum atomic E-state index is -0.856. The molecule has 0 saturated carbocycles. The predicted octanol–water partition coefficient (Wildman–Crippen LogP) is 5.36. The number of amides is 1. The molecular formula is C28H41ClN6O2. The van der Waals surface area contributed by atoms with Gasteiger partial charge in [0.05, 0.1) is 11.6 Å². The quantitative estimate of drug-likeness (QED) is 0.349. The van der Waals surface area contributed by atoms with Gasteiger partial charge in [0.1, 0.15) is 23.4 Å². The fourth-order valence-electron chi connectivity index (χ4n) is 3.86. The average Bonchev–Trinajstić information content (AvgIpc) is 2.83. The van der Waals surface area contributed by atoms with Gasteiger partial charge in [-0.2, -0.15) is 10.2 Å². The lowest BCUT2D eigenvalue weighted by atomic mass is 9.84. The van der Waals surface area contributed by atoms with Gasteiger partial charge in [-0.25, -0.2) is 4.98 Å². The van der Waals surface area contributed by atoms with Crippen LogP contribution in [0.4, 0.5) is 5.82 Å². The Bertz CT molecular complexity index is 1050. The summed E-state index contributed by atoms with van der Waals surface area (Å²) in [5.41, 5.74) is 2.78. The van der Waals surface area contributed by atoms with Crippen molar-refractivity contribution in [3.63, 3.8) is 0 Å². The Kier molecular flexibility index (Phi) is 11.1. The molecule has 37 heavy (non-hydrogen) atoms. The van der Waals surface area contributed by atoms with Crippen molar-refractivity contribution < 1.29 is 9.53 Å². The number of nitrogens with zero attached hydrogens (tertiary/aromatic N) is 5. The molecule has 1 heterocycles. The van der Waals surface area contributed by atoms with Crippen molar-refractivity contribution >= 4 is 23.3 Å². The summed E-state index contributed by atoms with van der Waals surface area (Å²) in [7, 11) is 0. The first-order valence-electron chi connectivity index (χ1n) is 12.9. The number of nitriles is 1. The van der Waals surface area contributed by atoms with Crippen LogP contribution >= 0.6 is 11.6 Å². The van der Waals surface area contributed by atoms with E-state index in [0.717, 1.165) is 43.8 Å². The molecule has 0 radical (unpaired) electrons. The third-order valence-corrected chi connectivity index (χ3v) is 6.12. The smallest absolute Gasteiger partial charge is 0.248 e. The fourth-order valence-corrected chi connectivity index (χ4v) is 4.06. The molecule has 0 aliphatic rings. The molecule has 2 aromatic rings. The Labute approximate surface area is 227 Å². The van der Waals surface area contributed by atoms with Crippen molar-refractivity contribution in [2.24, 2.45) is 5.41 Å². The molecule has 202 valence electrons. The molecule has 0 atom stereocenters. The molecule has 0 aliphatic carbocycles. The van der Waals surface area contributed by atoms with E-state index in [1.807, 2.05) is 65.0 Å². The third-order valence-electron chi connectivity index (χ3n) is 5.85. The lowest BCUT2D eigenvalue weighted by Gasteiger charge is -2.34. The van der Waals surface area contributed by atoms with Gasteiger partial charge in [-0.1, -0.05) is 58.4 Å². The molecule has 0 aliphatic heterocycles. The van der Waals surface area contributed by atoms with Gasteiger partial charge < -0.3 is 4.74 Å². The van der Waals surface area contributed by atoms with E-state index >= 15 is 0 Å². The van der Waals surface area contributed by atoms with Gasteiger partial charge in [0, 0.05) is 13.1 Å². The Morgan fingerprint density at radius 2 is 1.70 bits per heavy atom. The van der Waals surface area contributed by atoms with E-state index in [0.29, 0.717) is 13.2 Å². The number of carbonyl (C=O) groups is 1. The number of halogens is 1. The molecule has 0 unspecified atom stereocenters. The van der Waals surface area contributed by atoms with E-state index in [9.17, 15) is 10.1 Å². The summed E-state index contributed by atoms with van der Waals surface area (Å²) in [6.45, 7) is 18.3. The van der Waals surface area contributed by atoms with E-state index in [-0.39, 0.29) is 28.0 Å². The van der Waals surface area contributed by atoms with E-state index in [1.54, 1.807) is 5.01 Å². The Morgan fingerprint density at radius 3 is 2.24 bits per heavy atom. The normalized spacial score (nSPS) is 11.8. The second-order valence-electron chi connectivity index (χ2n) is 10.9. The topological polar surface area (TPSA) is 94.4 Å². The standard InChI is InChI=1S/C28H41ClN6O2/c1-8-14-34(15-9-2)16-17-37-22-12-10-21(11-13-22)28(6,7)26(36)33-35(20-27(3,4)5)25-23(29)19-31-24(18-30)32-25/h10-13,19H,8-9,14-17,20H2,1-7H3,(H,33,36). The van der Waals surface area contributed by atoms with Crippen molar-refractivity contribution in [1.29, 1.82) is 5.26 Å². The number of anilines is 1. The molecule has 0 bridgehead atoms. The van der Waals surface area contributed by atoms with Crippen LogP contribution in [0.25, 0.3) is 0 Å². The first kappa shape index (κ1) is 30.3.